The Morgan fingerprint density at radius 2 is 2.04 bits per heavy atom. The number of pyridine rings is 1. The van der Waals surface area contributed by atoms with E-state index in [1.54, 1.807) is 19.5 Å². The van der Waals surface area contributed by atoms with Crippen LogP contribution in [0.4, 0.5) is 5.69 Å². The average Bonchev–Trinajstić information content (AvgIpc) is 2.63. The summed E-state index contributed by atoms with van der Waals surface area (Å²) in [6.45, 7) is 2.19. The third-order valence-electron chi connectivity index (χ3n) is 3.74. The fourth-order valence-electron chi connectivity index (χ4n) is 2.41. The maximum atomic E-state index is 12.2. The Morgan fingerprint density at radius 3 is 2.80 bits per heavy atom. The van der Waals surface area contributed by atoms with Gasteiger partial charge >= 0.3 is 0 Å². The lowest BCUT2D eigenvalue weighted by Crippen LogP contribution is -2.27. The summed E-state index contributed by atoms with van der Waals surface area (Å²) in [5.74, 6) is 0.727. The first-order chi connectivity index (χ1) is 12.1. The van der Waals surface area contributed by atoms with Crippen LogP contribution in [0.5, 0.6) is 5.75 Å². The van der Waals surface area contributed by atoms with Gasteiger partial charge in [-0.25, -0.2) is 0 Å². The predicted octanol–water partition coefficient (Wildman–Crippen LogP) is 2.38. The van der Waals surface area contributed by atoms with Crippen molar-refractivity contribution in [2.75, 3.05) is 39.6 Å². The minimum atomic E-state index is -0.104. The minimum absolute atomic E-state index is 0.104. The van der Waals surface area contributed by atoms with Crippen molar-refractivity contribution in [1.29, 1.82) is 0 Å². The lowest BCUT2D eigenvalue weighted by molar-refractivity contribution is 0.0952. The van der Waals surface area contributed by atoms with E-state index in [0.717, 1.165) is 30.0 Å². The molecular formula is C19H26N4O2. The van der Waals surface area contributed by atoms with Gasteiger partial charge in [0.1, 0.15) is 5.75 Å². The minimum Gasteiger partial charge on any atom is -0.496 e. The molecule has 1 aromatic carbocycles. The molecule has 1 amide bonds. The molecule has 2 rings (SSSR count). The van der Waals surface area contributed by atoms with Gasteiger partial charge in [0, 0.05) is 31.0 Å². The van der Waals surface area contributed by atoms with Crippen LogP contribution in [0, 0.1) is 0 Å². The van der Waals surface area contributed by atoms with E-state index < -0.39 is 0 Å². The molecule has 6 nitrogen and oxygen atoms in total. The summed E-state index contributed by atoms with van der Waals surface area (Å²) >= 11 is 0. The highest BCUT2D eigenvalue weighted by Gasteiger charge is 2.07. The van der Waals surface area contributed by atoms with Gasteiger partial charge in [-0.3, -0.25) is 9.78 Å². The van der Waals surface area contributed by atoms with Crippen LogP contribution < -0.4 is 15.4 Å². The van der Waals surface area contributed by atoms with Crippen LogP contribution in [-0.2, 0) is 6.54 Å². The summed E-state index contributed by atoms with van der Waals surface area (Å²) < 4.78 is 5.34. The van der Waals surface area contributed by atoms with E-state index >= 15 is 0 Å². The van der Waals surface area contributed by atoms with Crippen molar-refractivity contribution in [1.82, 2.24) is 15.2 Å². The lowest BCUT2D eigenvalue weighted by Gasteiger charge is -2.12. The van der Waals surface area contributed by atoms with Crippen molar-refractivity contribution in [3.63, 3.8) is 0 Å². The van der Waals surface area contributed by atoms with Gasteiger partial charge in [-0.2, -0.15) is 0 Å². The number of benzene rings is 1. The van der Waals surface area contributed by atoms with Gasteiger partial charge in [0.2, 0.25) is 0 Å². The first-order valence-corrected chi connectivity index (χ1v) is 8.34. The number of aromatic nitrogens is 1. The summed E-state index contributed by atoms with van der Waals surface area (Å²) in [5, 5.41) is 6.20. The molecule has 2 aromatic rings. The highest BCUT2D eigenvalue weighted by atomic mass is 16.5. The predicted molar refractivity (Wildman–Crippen MR) is 100 cm³/mol. The molecule has 0 fully saturated rings. The van der Waals surface area contributed by atoms with Gasteiger partial charge in [-0.05, 0) is 39.2 Å². The number of nitrogens with zero attached hydrogens (tertiary/aromatic N) is 2. The Bertz CT molecular complexity index is 689. The number of para-hydroxylation sites is 1. The molecule has 25 heavy (non-hydrogen) atoms. The molecule has 0 unspecified atom stereocenters. The molecule has 1 aromatic heterocycles. The topological polar surface area (TPSA) is 66.5 Å². The molecule has 134 valence electrons. The number of ether oxygens (including phenoxy) is 1. The molecule has 0 bridgehead atoms. The van der Waals surface area contributed by atoms with Gasteiger partial charge < -0.3 is 20.3 Å². The van der Waals surface area contributed by atoms with Crippen LogP contribution in [0.15, 0.2) is 42.7 Å². The van der Waals surface area contributed by atoms with Crippen molar-refractivity contribution >= 4 is 11.6 Å². The quantitative estimate of drug-likeness (QED) is 0.685. The molecule has 0 atom stereocenters. The molecule has 0 saturated heterocycles. The molecule has 2 N–H and O–H groups in total. The number of amides is 1. The normalized spacial score (nSPS) is 10.6. The maximum Gasteiger partial charge on any atom is 0.252 e. The zero-order chi connectivity index (χ0) is 18.1. The fraction of sp³-hybridized carbons (Fsp3) is 0.368. The molecule has 1 heterocycles. The number of hydrogen-bond donors (Lipinski definition) is 2. The first-order valence-electron chi connectivity index (χ1n) is 8.34. The summed E-state index contributed by atoms with van der Waals surface area (Å²) in [6.07, 6.45) is 4.20. The van der Waals surface area contributed by atoms with E-state index in [9.17, 15) is 4.79 Å². The molecule has 0 aliphatic heterocycles. The van der Waals surface area contributed by atoms with Crippen molar-refractivity contribution in [2.45, 2.75) is 13.0 Å². The molecular weight excluding hydrogens is 316 g/mol. The SMILES string of the molecule is COc1ccccc1CNc1cncc(C(=O)NCCCN(C)C)c1. The van der Waals surface area contributed by atoms with E-state index in [-0.39, 0.29) is 5.91 Å². The Balaban J connectivity index is 1.91. The second kappa shape index (κ2) is 9.64. The third kappa shape index (κ3) is 6.08. The van der Waals surface area contributed by atoms with Crippen LogP contribution >= 0.6 is 0 Å². The Morgan fingerprint density at radius 1 is 1.24 bits per heavy atom. The molecule has 0 radical (unpaired) electrons. The van der Waals surface area contributed by atoms with Crippen LogP contribution in [0.3, 0.4) is 0 Å². The number of hydrogen-bond acceptors (Lipinski definition) is 5. The van der Waals surface area contributed by atoms with E-state index in [1.807, 2.05) is 44.4 Å². The standard InChI is InChI=1S/C19H26N4O2/c1-23(2)10-6-9-21-19(24)16-11-17(14-20-12-16)22-13-15-7-4-5-8-18(15)25-3/h4-5,7-8,11-12,14,22H,6,9-10,13H2,1-3H3,(H,21,24). The number of methoxy groups -OCH3 is 1. The first kappa shape index (κ1) is 18.7. The van der Waals surface area contributed by atoms with Crippen molar-refractivity contribution in [3.05, 3.63) is 53.9 Å². The zero-order valence-electron chi connectivity index (χ0n) is 15.1. The summed E-state index contributed by atoms with van der Waals surface area (Å²) in [5.41, 5.74) is 2.39. The highest BCUT2D eigenvalue weighted by Crippen LogP contribution is 2.19. The molecule has 0 saturated carbocycles. The highest BCUT2D eigenvalue weighted by molar-refractivity contribution is 5.94. The molecule has 0 spiro atoms. The maximum absolute atomic E-state index is 12.2. The number of carbonyl (C=O) groups is 1. The fourth-order valence-corrected chi connectivity index (χ4v) is 2.41. The van der Waals surface area contributed by atoms with Crippen LogP contribution in [0.2, 0.25) is 0 Å². The van der Waals surface area contributed by atoms with E-state index in [0.29, 0.717) is 18.7 Å². The van der Waals surface area contributed by atoms with Gasteiger partial charge in [0.25, 0.3) is 5.91 Å². The Hall–Kier alpha value is -2.60. The van der Waals surface area contributed by atoms with Crippen LogP contribution in [0.25, 0.3) is 0 Å². The number of nitrogens with one attached hydrogen (secondary N) is 2. The molecule has 0 aliphatic carbocycles. The smallest absolute Gasteiger partial charge is 0.252 e. The van der Waals surface area contributed by atoms with Gasteiger partial charge in [0.15, 0.2) is 0 Å². The number of carbonyl (C=O) groups excluding carboxylic acids is 1. The van der Waals surface area contributed by atoms with Crippen LogP contribution in [0.1, 0.15) is 22.3 Å². The van der Waals surface area contributed by atoms with Gasteiger partial charge in [-0.15, -0.1) is 0 Å². The van der Waals surface area contributed by atoms with Crippen molar-refractivity contribution in [3.8, 4) is 5.75 Å². The van der Waals surface area contributed by atoms with E-state index in [1.165, 1.54) is 0 Å². The second-order valence-corrected chi connectivity index (χ2v) is 6.04. The lowest BCUT2D eigenvalue weighted by atomic mass is 10.2. The van der Waals surface area contributed by atoms with Gasteiger partial charge in [0.05, 0.1) is 18.4 Å². The number of anilines is 1. The van der Waals surface area contributed by atoms with Crippen LogP contribution in [-0.4, -0.2) is 50.1 Å². The van der Waals surface area contributed by atoms with Crippen molar-refractivity contribution < 1.29 is 9.53 Å². The molecule has 6 heteroatoms. The van der Waals surface area contributed by atoms with Crippen molar-refractivity contribution in [2.24, 2.45) is 0 Å². The molecule has 0 aliphatic rings. The third-order valence-corrected chi connectivity index (χ3v) is 3.74. The number of rotatable bonds is 9. The van der Waals surface area contributed by atoms with E-state index in [2.05, 4.69) is 20.5 Å². The summed E-state index contributed by atoms with van der Waals surface area (Å²) in [4.78, 5) is 18.5. The summed E-state index contributed by atoms with van der Waals surface area (Å²) in [7, 11) is 5.69. The monoisotopic (exact) mass is 342 g/mol. The Kier molecular flexibility index (Phi) is 7.22. The summed E-state index contributed by atoms with van der Waals surface area (Å²) in [6, 6.07) is 9.64. The Labute approximate surface area is 149 Å². The van der Waals surface area contributed by atoms with E-state index in [4.69, 9.17) is 4.74 Å². The zero-order valence-corrected chi connectivity index (χ0v) is 15.1. The van der Waals surface area contributed by atoms with Gasteiger partial charge in [-0.1, -0.05) is 18.2 Å². The second-order valence-electron chi connectivity index (χ2n) is 6.04. The average molecular weight is 342 g/mol. The largest absolute Gasteiger partial charge is 0.496 e.